The van der Waals surface area contributed by atoms with Gasteiger partial charge in [0, 0.05) is 12.7 Å². The molecule has 8 nitrogen and oxygen atoms in total. The number of ether oxygens (including phenoxy) is 3. The summed E-state index contributed by atoms with van der Waals surface area (Å²) in [5.41, 5.74) is 5.21. The van der Waals surface area contributed by atoms with E-state index in [1.165, 1.54) is 7.11 Å². The molecule has 31 heavy (non-hydrogen) atoms. The summed E-state index contributed by atoms with van der Waals surface area (Å²) in [4.78, 5) is 15.5. The van der Waals surface area contributed by atoms with Gasteiger partial charge in [-0.3, -0.25) is 4.79 Å². The molecule has 0 aliphatic carbocycles. The molecule has 10 heteroatoms. The molecular formula is C21H20F2N2O6. The van der Waals surface area contributed by atoms with Gasteiger partial charge in [0.05, 0.1) is 7.11 Å². The van der Waals surface area contributed by atoms with Crippen LogP contribution in [0.5, 0.6) is 11.5 Å². The second-order valence-electron chi connectivity index (χ2n) is 6.41. The number of aliphatic hydroxyl groups is 1. The molecule has 0 spiro atoms. The minimum atomic E-state index is -1.39. The van der Waals surface area contributed by atoms with Gasteiger partial charge in [0.2, 0.25) is 5.89 Å². The first kappa shape index (κ1) is 22.2. The molecule has 1 amide bonds. The van der Waals surface area contributed by atoms with Crippen molar-refractivity contribution in [1.82, 2.24) is 4.98 Å². The number of nitrogens with two attached hydrogens (primary N) is 1. The van der Waals surface area contributed by atoms with Crippen LogP contribution < -0.4 is 15.2 Å². The number of hydrogen-bond donors (Lipinski definition) is 2. The Labute approximate surface area is 176 Å². The van der Waals surface area contributed by atoms with Gasteiger partial charge in [-0.25, -0.2) is 13.8 Å². The lowest BCUT2D eigenvalue weighted by Crippen LogP contribution is -2.17. The number of amides is 1. The molecule has 1 heterocycles. The highest BCUT2D eigenvalue weighted by Gasteiger charge is 2.23. The standard InChI is InChI=1S/C21H20F2N2O6/c1-28-10-16-19(11-3-5-12(29-2)6-4-11)25-21(31-16)14(26)9-30-15-8-7-13(22)17(18(15)23)20(24)27/h3-8,14,26H,9-10H2,1-2H3,(H2,24,27). The monoisotopic (exact) mass is 434 g/mol. The molecule has 164 valence electrons. The van der Waals surface area contributed by atoms with E-state index in [0.717, 1.165) is 12.1 Å². The van der Waals surface area contributed by atoms with Gasteiger partial charge in [-0.1, -0.05) is 0 Å². The number of aliphatic hydroxyl groups excluding tert-OH is 1. The molecule has 0 bridgehead atoms. The molecule has 1 unspecified atom stereocenters. The molecule has 3 aromatic rings. The molecule has 0 aliphatic heterocycles. The highest BCUT2D eigenvalue weighted by molar-refractivity contribution is 5.93. The van der Waals surface area contributed by atoms with Gasteiger partial charge >= 0.3 is 0 Å². The average molecular weight is 434 g/mol. The maximum atomic E-state index is 14.3. The molecule has 2 aromatic carbocycles. The van der Waals surface area contributed by atoms with E-state index in [1.807, 2.05) is 0 Å². The summed E-state index contributed by atoms with van der Waals surface area (Å²) in [5, 5.41) is 10.4. The Balaban J connectivity index is 1.81. The molecule has 0 saturated heterocycles. The molecular weight excluding hydrogens is 414 g/mol. The number of carbonyl (C=O) groups excluding carboxylic acids is 1. The Kier molecular flexibility index (Phi) is 6.83. The van der Waals surface area contributed by atoms with E-state index in [1.54, 1.807) is 31.4 Å². The number of methoxy groups -OCH3 is 2. The van der Waals surface area contributed by atoms with Crippen molar-refractivity contribution in [3.63, 3.8) is 0 Å². The van der Waals surface area contributed by atoms with Gasteiger partial charge in [0.15, 0.2) is 23.4 Å². The summed E-state index contributed by atoms with van der Waals surface area (Å²) in [6, 6.07) is 8.84. The van der Waals surface area contributed by atoms with Crippen LogP contribution >= 0.6 is 0 Å². The Morgan fingerprint density at radius 2 is 1.90 bits per heavy atom. The van der Waals surface area contributed by atoms with Crippen LogP contribution in [-0.4, -0.2) is 36.8 Å². The molecule has 0 radical (unpaired) electrons. The van der Waals surface area contributed by atoms with E-state index in [0.29, 0.717) is 22.8 Å². The zero-order valence-electron chi connectivity index (χ0n) is 16.7. The van der Waals surface area contributed by atoms with E-state index >= 15 is 0 Å². The molecule has 0 aliphatic rings. The van der Waals surface area contributed by atoms with Gasteiger partial charge in [0.1, 0.15) is 36.0 Å². The third-order valence-corrected chi connectivity index (χ3v) is 4.34. The highest BCUT2D eigenvalue weighted by atomic mass is 19.1. The van der Waals surface area contributed by atoms with E-state index in [9.17, 15) is 18.7 Å². The summed E-state index contributed by atoms with van der Waals surface area (Å²) in [6.45, 7) is -0.383. The smallest absolute Gasteiger partial charge is 0.254 e. The van der Waals surface area contributed by atoms with Crippen molar-refractivity contribution in [3.05, 3.63) is 65.2 Å². The van der Waals surface area contributed by atoms with Crippen LogP contribution in [0.3, 0.4) is 0 Å². The van der Waals surface area contributed by atoms with E-state index in [4.69, 9.17) is 24.4 Å². The lowest BCUT2D eigenvalue weighted by atomic mass is 10.1. The van der Waals surface area contributed by atoms with Crippen molar-refractivity contribution in [2.75, 3.05) is 20.8 Å². The van der Waals surface area contributed by atoms with E-state index < -0.39 is 41.6 Å². The Bertz CT molecular complexity index is 1070. The average Bonchev–Trinajstić information content (AvgIpc) is 3.17. The van der Waals surface area contributed by atoms with Crippen LogP contribution in [0.25, 0.3) is 11.3 Å². The predicted octanol–water partition coefficient (Wildman–Crippen LogP) is 2.99. The Morgan fingerprint density at radius 1 is 1.19 bits per heavy atom. The molecule has 0 saturated carbocycles. The second-order valence-corrected chi connectivity index (χ2v) is 6.41. The van der Waals surface area contributed by atoms with Crippen molar-refractivity contribution >= 4 is 5.91 Å². The van der Waals surface area contributed by atoms with Crippen molar-refractivity contribution in [3.8, 4) is 22.8 Å². The van der Waals surface area contributed by atoms with Gasteiger partial charge in [0.25, 0.3) is 5.91 Å². The maximum absolute atomic E-state index is 14.3. The molecule has 0 fully saturated rings. The second kappa shape index (κ2) is 9.54. The molecule has 1 aromatic heterocycles. The number of carbonyl (C=O) groups is 1. The van der Waals surface area contributed by atoms with Crippen LogP contribution in [0.4, 0.5) is 8.78 Å². The van der Waals surface area contributed by atoms with Gasteiger partial charge in [-0.15, -0.1) is 0 Å². The SMILES string of the molecule is COCc1oc(C(O)COc2ccc(F)c(C(N)=O)c2F)nc1-c1ccc(OC)cc1. The summed E-state index contributed by atoms with van der Waals surface area (Å²) >= 11 is 0. The lowest BCUT2D eigenvalue weighted by Gasteiger charge is -2.11. The zero-order chi connectivity index (χ0) is 22.5. The van der Waals surface area contributed by atoms with Crippen molar-refractivity contribution < 1.29 is 37.3 Å². The summed E-state index contributed by atoms with van der Waals surface area (Å²) < 4.78 is 48.9. The summed E-state index contributed by atoms with van der Waals surface area (Å²) in [7, 11) is 3.03. The van der Waals surface area contributed by atoms with E-state index in [-0.39, 0.29) is 12.5 Å². The number of hydrogen-bond acceptors (Lipinski definition) is 7. The normalized spacial score (nSPS) is 11.9. The topological polar surface area (TPSA) is 117 Å². The number of nitrogens with zero attached hydrogens (tertiary/aromatic N) is 1. The van der Waals surface area contributed by atoms with Crippen LogP contribution in [-0.2, 0) is 11.3 Å². The van der Waals surface area contributed by atoms with Crippen LogP contribution in [0.15, 0.2) is 40.8 Å². The van der Waals surface area contributed by atoms with Gasteiger partial charge in [-0.2, -0.15) is 0 Å². The fourth-order valence-corrected chi connectivity index (χ4v) is 2.83. The van der Waals surface area contributed by atoms with Crippen molar-refractivity contribution in [2.24, 2.45) is 5.73 Å². The Hall–Kier alpha value is -3.50. The van der Waals surface area contributed by atoms with Crippen molar-refractivity contribution in [2.45, 2.75) is 12.7 Å². The van der Waals surface area contributed by atoms with Crippen LogP contribution in [0.2, 0.25) is 0 Å². The minimum absolute atomic E-state index is 0.0875. The fraction of sp³-hybridized carbons (Fsp3) is 0.238. The lowest BCUT2D eigenvalue weighted by molar-refractivity contribution is 0.0773. The number of aromatic nitrogens is 1. The minimum Gasteiger partial charge on any atom is -0.497 e. The number of halogens is 2. The molecule has 3 rings (SSSR count). The van der Waals surface area contributed by atoms with E-state index in [2.05, 4.69) is 4.98 Å². The molecule has 1 atom stereocenters. The summed E-state index contributed by atoms with van der Waals surface area (Å²) in [5.74, 6) is -3.16. The maximum Gasteiger partial charge on any atom is 0.254 e. The third-order valence-electron chi connectivity index (χ3n) is 4.34. The predicted molar refractivity (Wildman–Crippen MR) is 105 cm³/mol. The number of benzene rings is 2. The Morgan fingerprint density at radius 3 is 2.52 bits per heavy atom. The number of oxazole rings is 1. The largest absolute Gasteiger partial charge is 0.497 e. The first-order valence-corrected chi connectivity index (χ1v) is 9.07. The number of primary amides is 1. The zero-order valence-corrected chi connectivity index (χ0v) is 16.7. The highest BCUT2D eigenvalue weighted by Crippen LogP contribution is 2.29. The van der Waals surface area contributed by atoms with Crippen molar-refractivity contribution in [1.29, 1.82) is 0 Å². The van der Waals surface area contributed by atoms with Crippen LogP contribution in [0, 0.1) is 11.6 Å². The molecule has 3 N–H and O–H groups in total. The number of rotatable bonds is 9. The first-order valence-electron chi connectivity index (χ1n) is 9.07. The first-order chi connectivity index (χ1) is 14.8. The summed E-state index contributed by atoms with van der Waals surface area (Å²) in [6.07, 6.45) is -1.39. The fourth-order valence-electron chi connectivity index (χ4n) is 2.83. The third kappa shape index (κ3) is 4.81. The van der Waals surface area contributed by atoms with Gasteiger partial charge < -0.3 is 29.5 Å². The van der Waals surface area contributed by atoms with Gasteiger partial charge in [-0.05, 0) is 36.4 Å². The van der Waals surface area contributed by atoms with Crippen LogP contribution in [0.1, 0.15) is 28.1 Å². The quantitative estimate of drug-likeness (QED) is 0.532.